The Kier molecular flexibility index (Phi) is 5.78. The van der Waals surface area contributed by atoms with Crippen molar-refractivity contribution in [3.05, 3.63) is 0 Å². The summed E-state index contributed by atoms with van der Waals surface area (Å²) in [6, 6.07) is 0. The SMILES string of the molecule is CN(CCO)C(=O)CCCO. The molecule has 11 heavy (non-hydrogen) atoms. The van der Waals surface area contributed by atoms with Crippen LogP contribution in [0.5, 0.6) is 0 Å². The molecule has 0 radical (unpaired) electrons. The first kappa shape index (κ1) is 10.4. The molecular weight excluding hydrogens is 146 g/mol. The standard InChI is InChI=1S/C7H15NO3/c1-8(4-6-10)7(11)3-2-5-9/h9-10H,2-6H2,1H3. The summed E-state index contributed by atoms with van der Waals surface area (Å²) >= 11 is 0. The molecule has 1 amide bonds. The number of aliphatic hydroxyl groups is 2. The lowest BCUT2D eigenvalue weighted by Gasteiger charge is -2.14. The Morgan fingerprint density at radius 1 is 1.36 bits per heavy atom. The fourth-order valence-corrected chi connectivity index (χ4v) is 0.696. The number of aliphatic hydroxyl groups excluding tert-OH is 2. The van der Waals surface area contributed by atoms with E-state index in [0.717, 1.165) is 0 Å². The van der Waals surface area contributed by atoms with Gasteiger partial charge in [0.15, 0.2) is 0 Å². The smallest absolute Gasteiger partial charge is 0.222 e. The Balaban J connectivity index is 3.47. The molecule has 0 spiro atoms. The fourth-order valence-electron chi connectivity index (χ4n) is 0.696. The van der Waals surface area contributed by atoms with E-state index in [1.54, 1.807) is 7.05 Å². The summed E-state index contributed by atoms with van der Waals surface area (Å²) in [6.45, 7) is 0.393. The van der Waals surface area contributed by atoms with Gasteiger partial charge in [-0.2, -0.15) is 0 Å². The van der Waals surface area contributed by atoms with Crippen LogP contribution in [0.1, 0.15) is 12.8 Å². The molecule has 0 saturated heterocycles. The molecular formula is C7H15NO3. The van der Waals surface area contributed by atoms with Gasteiger partial charge in [0.25, 0.3) is 0 Å². The van der Waals surface area contributed by atoms with Crippen LogP contribution in [0.3, 0.4) is 0 Å². The first-order chi connectivity index (χ1) is 5.22. The van der Waals surface area contributed by atoms with Crippen molar-refractivity contribution in [3.8, 4) is 0 Å². The Morgan fingerprint density at radius 3 is 2.45 bits per heavy atom. The van der Waals surface area contributed by atoms with E-state index in [-0.39, 0.29) is 19.1 Å². The highest BCUT2D eigenvalue weighted by Crippen LogP contribution is 1.93. The van der Waals surface area contributed by atoms with Gasteiger partial charge in [0.05, 0.1) is 6.61 Å². The maximum absolute atomic E-state index is 11.0. The summed E-state index contributed by atoms with van der Waals surface area (Å²) in [5, 5.41) is 16.9. The van der Waals surface area contributed by atoms with Crippen LogP contribution in [0.2, 0.25) is 0 Å². The van der Waals surface area contributed by atoms with Crippen LogP contribution in [0.25, 0.3) is 0 Å². The molecule has 0 aromatic rings. The van der Waals surface area contributed by atoms with Gasteiger partial charge in [0, 0.05) is 26.6 Å². The Morgan fingerprint density at radius 2 is 2.00 bits per heavy atom. The highest BCUT2D eigenvalue weighted by molar-refractivity contribution is 5.75. The van der Waals surface area contributed by atoms with Gasteiger partial charge in [-0.05, 0) is 6.42 Å². The van der Waals surface area contributed by atoms with E-state index in [2.05, 4.69) is 0 Å². The summed E-state index contributed by atoms with van der Waals surface area (Å²) in [4.78, 5) is 12.4. The summed E-state index contributed by atoms with van der Waals surface area (Å²) in [5.74, 6) is -0.0342. The topological polar surface area (TPSA) is 60.8 Å². The predicted molar refractivity (Wildman–Crippen MR) is 41.0 cm³/mol. The van der Waals surface area contributed by atoms with Crippen molar-refractivity contribution in [1.29, 1.82) is 0 Å². The number of carbonyl (C=O) groups is 1. The van der Waals surface area contributed by atoms with Crippen molar-refractivity contribution in [2.45, 2.75) is 12.8 Å². The van der Waals surface area contributed by atoms with Crippen molar-refractivity contribution in [1.82, 2.24) is 4.90 Å². The Hall–Kier alpha value is -0.610. The predicted octanol–water partition coefficient (Wildman–Crippen LogP) is -0.790. The Bertz CT molecular complexity index is 116. The van der Waals surface area contributed by atoms with Gasteiger partial charge >= 0.3 is 0 Å². The van der Waals surface area contributed by atoms with Crippen molar-refractivity contribution in [3.63, 3.8) is 0 Å². The van der Waals surface area contributed by atoms with E-state index < -0.39 is 0 Å². The zero-order valence-corrected chi connectivity index (χ0v) is 6.79. The van der Waals surface area contributed by atoms with E-state index in [4.69, 9.17) is 10.2 Å². The number of hydrogen-bond donors (Lipinski definition) is 2. The molecule has 2 N–H and O–H groups in total. The first-order valence-corrected chi connectivity index (χ1v) is 3.68. The van der Waals surface area contributed by atoms with Crippen LogP contribution in [-0.4, -0.2) is 47.8 Å². The number of nitrogens with zero attached hydrogens (tertiary/aromatic N) is 1. The minimum atomic E-state index is -0.0342. The van der Waals surface area contributed by atoms with Crippen molar-refractivity contribution >= 4 is 5.91 Å². The summed E-state index contributed by atoms with van der Waals surface area (Å²) in [7, 11) is 1.63. The van der Waals surface area contributed by atoms with E-state index >= 15 is 0 Å². The quantitative estimate of drug-likeness (QED) is 0.555. The molecule has 0 aromatic heterocycles. The normalized spacial score (nSPS) is 9.73. The molecule has 0 saturated carbocycles. The second kappa shape index (κ2) is 6.12. The molecule has 0 aliphatic rings. The van der Waals surface area contributed by atoms with Crippen LogP contribution in [0.15, 0.2) is 0 Å². The van der Waals surface area contributed by atoms with Crippen LogP contribution in [0, 0.1) is 0 Å². The van der Waals surface area contributed by atoms with Crippen LogP contribution in [0.4, 0.5) is 0 Å². The van der Waals surface area contributed by atoms with Crippen molar-refractivity contribution in [2.75, 3.05) is 26.8 Å². The lowest BCUT2D eigenvalue weighted by Crippen LogP contribution is -2.29. The van der Waals surface area contributed by atoms with Gasteiger partial charge in [0.2, 0.25) is 5.91 Å². The lowest BCUT2D eigenvalue weighted by molar-refractivity contribution is -0.130. The number of amides is 1. The molecule has 0 aliphatic heterocycles. The van der Waals surface area contributed by atoms with Gasteiger partial charge in [-0.3, -0.25) is 4.79 Å². The largest absolute Gasteiger partial charge is 0.396 e. The fraction of sp³-hybridized carbons (Fsp3) is 0.857. The van der Waals surface area contributed by atoms with E-state index in [1.807, 2.05) is 0 Å². The zero-order valence-electron chi connectivity index (χ0n) is 6.79. The van der Waals surface area contributed by atoms with E-state index in [0.29, 0.717) is 19.4 Å². The molecule has 0 heterocycles. The van der Waals surface area contributed by atoms with Crippen LogP contribution < -0.4 is 0 Å². The van der Waals surface area contributed by atoms with Gasteiger partial charge < -0.3 is 15.1 Å². The van der Waals surface area contributed by atoms with E-state index in [9.17, 15) is 4.79 Å². The number of likely N-dealkylation sites (N-methyl/N-ethyl adjacent to an activating group) is 1. The summed E-state index contributed by atoms with van der Waals surface area (Å²) < 4.78 is 0. The second-order valence-electron chi connectivity index (χ2n) is 2.37. The summed E-state index contributed by atoms with van der Waals surface area (Å²) in [6.07, 6.45) is 0.849. The summed E-state index contributed by atoms with van der Waals surface area (Å²) in [5.41, 5.74) is 0. The molecule has 0 atom stereocenters. The highest BCUT2D eigenvalue weighted by atomic mass is 16.3. The number of carbonyl (C=O) groups excluding carboxylic acids is 1. The average Bonchev–Trinajstić information content (AvgIpc) is 2.00. The third kappa shape index (κ3) is 4.75. The number of rotatable bonds is 5. The highest BCUT2D eigenvalue weighted by Gasteiger charge is 2.05. The van der Waals surface area contributed by atoms with Crippen LogP contribution in [-0.2, 0) is 4.79 Å². The molecule has 4 nitrogen and oxygen atoms in total. The van der Waals surface area contributed by atoms with Crippen LogP contribution >= 0.6 is 0 Å². The third-order valence-corrected chi connectivity index (χ3v) is 1.41. The molecule has 0 unspecified atom stereocenters. The number of hydrogen-bond acceptors (Lipinski definition) is 3. The minimum absolute atomic E-state index is 0.0125. The molecule has 0 aliphatic carbocycles. The molecule has 4 heteroatoms. The minimum Gasteiger partial charge on any atom is -0.396 e. The van der Waals surface area contributed by atoms with Gasteiger partial charge in [-0.1, -0.05) is 0 Å². The van der Waals surface area contributed by atoms with Gasteiger partial charge in [0.1, 0.15) is 0 Å². The zero-order chi connectivity index (χ0) is 8.69. The monoisotopic (exact) mass is 161 g/mol. The second-order valence-corrected chi connectivity index (χ2v) is 2.37. The molecule has 0 bridgehead atoms. The first-order valence-electron chi connectivity index (χ1n) is 3.68. The third-order valence-electron chi connectivity index (χ3n) is 1.41. The molecule has 0 aromatic carbocycles. The van der Waals surface area contributed by atoms with Gasteiger partial charge in [-0.15, -0.1) is 0 Å². The van der Waals surface area contributed by atoms with Crippen molar-refractivity contribution < 1.29 is 15.0 Å². The molecule has 66 valence electrons. The Labute approximate surface area is 66.4 Å². The maximum atomic E-state index is 11.0. The molecule has 0 fully saturated rings. The maximum Gasteiger partial charge on any atom is 0.222 e. The average molecular weight is 161 g/mol. The van der Waals surface area contributed by atoms with E-state index in [1.165, 1.54) is 4.90 Å². The van der Waals surface area contributed by atoms with Crippen molar-refractivity contribution in [2.24, 2.45) is 0 Å². The van der Waals surface area contributed by atoms with Gasteiger partial charge in [-0.25, -0.2) is 0 Å². The lowest BCUT2D eigenvalue weighted by atomic mass is 10.3. The molecule has 0 rings (SSSR count).